The Labute approximate surface area is 138 Å². The number of nitrogens with zero attached hydrogens (tertiary/aromatic N) is 2. The van der Waals surface area contributed by atoms with Crippen LogP contribution in [0.25, 0.3) is 0 Å². The van der Waals surface area contributed by atoms with Crippen LogP contribution in [0.5, 0.6) is 0 Å². The van der Waals surface area contributed by atoms with Crippen molar-refractivity contribution < 1.29 is 9.53 Å². The lowest BCUT2D eigenvalue weighted by molar-refractivity contribution is -0.0229. The van der Waals surface area contributed by atoms with Crippen LogP contribution in [-0.2, 0) is 10.2 Å². The van der Waals surface area contributed by atoms with E-state index in [0.29, 0.717) is 19.7 Å². The topological polar surface area (TPSA) is 42.4 Å². The fourth-order valence-electron chi connectivity index (χ4n) is 2.33. The van der Waals surface area contributed by atoms with Gasteiger partial charge >= 0.3 is 0 Å². The number of hydrogen-bond acceptors (Lipinski definition) is 5. The third-order valence-corrected chi connectivity index (χ3v) is 5.31. The van der Waals surface area contributed by atoms with Crippen LogP contribution >= 0.6 is 22.7 Å². The summed E-state index contributed by atoms with van der Waals surface area (Å²) in [7, 11) is 0. The van der Waals surface area contributed by atoms with Gasteiger partial charge in [0.1, 0.15) is 11.1 Å². The van der Waals surface area contributed by atoms with Gasteiger partial charge in [-0.1, -0.05) is 20.8 Å². The second-order valence-corrected chi connectivity index (χ2v) is 8.11. The van der Waals surface area contributed by atoms with E-state index in [1.807, 2.05) is 21.7 Å². The molecule has 22 heavy (non-hydrogen) atoms. The summed E-state index contributed by atoms with van der Waals surface area (Å²) in [6, 6.07) is 1.87. The van der Waals surface area contributed by atoms with Gasteiger partial charge in [-0.05, 0) is 11.4 Å². The SMILES string of the molecule is CC(C)(C)c1csc([C@@H]2CN(C(=O)c3ccsc3)CCO2)n1. The Morgan fingerprint density at radius 2 is 2.23 bits per heavy atom. The average molecular weight is 336 g/mol. The molecule has 0 aliphatic carbocycles. The molecular formula is C16H20N2O2S2. The van der Waals surface area contributed by atoms with Gasteiger partial charge in [0.25, 0.3) is 5.91 Å². The van der Waals surface area contributed by atoms with Gasteiger partial charge in [0.2, 0.25) is 0 Å². The summed E-state index contributed by atoms with van der Waals surface area (Å²) in [4.78, 5) is 19.1. The highest BCUT2D eigenvalue weighted by Crippen LogP contribution is 2.30. The van der Waals surface area contributed by atoms with E-state index in [9.17, 15) is 4.79 Å². The number of amides is 1. The molecule has 0 saturated carbocycles. The van der Waals surface area contributed by atoms with E-state index in [1.165, 1.54) is 0 Å². The number of carbonyl (C=O) groups excluding carboxylic acids is 1. The highest BCUT2D eigenvalue weighted by Gasteiger charge is 2.29. The van der Waals surface area contributed by atoms with Crippen molar-refractivity contribution in [1.29, 1.82) is 0 Å². The largest absolute Gasteiger partial charge is 0.367 e. The molecule has 6 heteroatoms. The van der Waals surface area contributed by atoms with Crippen LogP contribution in [0.3, 0.4) is 0 Å². The minimum Gasteiger partial charge on any atom is -0.367 e. The molecule has 3 rings (SSSR count). The maximum atomic E-state index is 12.5. The smallest absolute Gasteiger partial charge is 0.254 e. The fraction of sp³-hybridized carbons (Fsp3) is 0.500. The molecule has 1 saturated heterocycles. The number of aromatic nitrogens is 1. The predicted octanol–water partition coefficient (Wildman–Crippen LogP) is 3.72. The molecule has 0 bridgehead atoms. The van der Waals surface area contributed by atoms with E-state index >= 15 is 0 Å². The molecule has 0 radical (unpaired) electrons. The first kappa shape index (κ1) is 15.6. The first-order chi connectivity index (χ1) is 10.4. The summed E-state index contributed by atoms with van der Waals surface area (Å²) in [6.45, 7) is 8.24. The molecule has 0 unspecified atom stereocenters. The van der Waals surface area contributed by atoms with Crippen molar-refractivity contribution in [3.8, 4) is 0 Å². The number of hydrogen-bond donors (Lipinski definition) is 0. The van der Waals surface area contributed by atoms with Crippen molar-refractivity contribution in [2.75, 3.05) is 19.7 Å². The molecule has 1 atom stereocenters. The Morgan fingerprint density at radius 3 is 2.86 bits per heavy atom. The van der Waals surface area contributed by atoms with Crippen molar-refractivity contribution in [2.45, 2.75) is 32.3 Å². The minimum atomic E-state index is -0.113. The second-order valence-electron chi connectivity index (χ2n) is 6.44. The number of thiophene rings is 1. The third-order valence-electron chi connectivity index (χ3n) is 3.69. The summed E-state index contributed by atoms with van der Waals surface area (Å²) in [5.41, 5.74) is 1.88. The molecule has 0 spiro atoms. The zero-order valence-corrected chi connectivity index (χ0v) is 14.7. The summed E-state index contributed by atoms with van der Waals surface area (Å²) in [5.74, 6) is 0.0853. The van der Waals surface area contributed by atoms with Gasteiger partial charge in [-0.25, -0.2) is 4.98 Å². The second kappa shape index (κ2) is 6.10. The van der Waals surface area contributed by atoms with Gasteiger partial charge in [0.05, 0.1) is 24.4 Å². The predicted molar refractivity (Wildman–Crippen MR) is 89.7 cm³/mol. The molecule has 2 aromatic rings. The van der Waals surface area contributed by atoms with Crippen LogP contribution in [0, 0.1) is 0 Å². The van der Waals surface area contributed by atoms with Crippen LogP contribution < -0.4 is 0 Å². The first-order valence-electron chi connectivity index (χ1n) is 7.34. The van der Waals surface area contributed by atoms with Crippen molar-refractivity contribution in [1.82, 2.24) is 9.88 Å². The van der Waals surface area contributed by atoms with Crippen molar-refractivity contribution in [3.63, 3.8) is 0 Å². The first-order valence-corrected chi connectivity index (χ1v) is 9.16. The molecule has 0 N–H and O–H groups in total. The zero-order chi connectivity index (χ0) is 15.7. The molecule has 3 heterocycles. The molecule has 1 fully saturated rings. The molecule has 0 aromatic carbocycles. The summed E-state index contributed by atoms with van der Waals surface area (Å²) >= 11 is 3.17. The summed E-state index contributed by atoms with van der Waals surface area (Å²) < 4.78 is 5.84. The van der Waals surface area contributed by atoms with E-state index in [0.717, 1.165) is 16.3 Å². The standard InChI is InChI=1S/C16H20N2O2S2/c1-16(2,3)13-10-22-14(17-13)12-8-18(5-6-20-12)15(19)11-4-7-21-9-11/h4,7,9-10,12H,5-6,8H2,1-3H3/t12-/m0/s1. The number of carbonyl (C=O) groups is 1. The number of morpholine rings is 1. The average Bonchev–Trinajstić information content (AvgIpc) is 3.17. The Balaban J connectivity index is 1.73. The normalized spacial score (nSPS) is 19.4. The maximum Gasteiger partial charge on any atom is 0.254 e. The van der Waals surface area contributed by atoms with Gasteiger partial charge < -0.3 is 9.64 Å². The Hall–Kier alpha value is -1.24. The lowest BCUT2D eigenvalue weighted by Gasteiger charge is -2.32. The van der Waals surface area contributed by atoms with Gasteiger partial charge in [0, 0.05) is 22.7 Å². The Kier molecular flexibility index (Phi) is 4.34. The molecule has 1 aliphatic heterocycles. The van der Waals surface area contributed by atoms with Crippen LogP contribution in [0.1, 0.15) is 47.9 Å². The quantitative estimate of drug-likeness (QED) is 0.839. The van der Waals surface area contributed by atoms with Gasteiger partial charge in [-0.15, -0.1) is 11.3 Å². The van der Waals surface area contributed by atoms with E-state index in [1.54, 1.807) is 22.7 Å². The maximum absolute atomic E-state index is 12.5. The molecule has 1 amide bonds. The monoisotopic (exact) mass is 336 g/mol. The van der Waals surface area contributed by atoms with E-state index < -0.39 is 0 Å². The van der Waals surface area contributed by atoms with Crippen LogP contribution in [-0.4, -0.2) is 35.5 Å². The highest BCUT2D eigenvalue weighted by molar-refractivity contribution is 7.09. The number of ether oxygens (including phenoxy) is 1. The fourth-order valence-corrected chi connectivity index (χ4v) is 4.05. The van der Waals surface area contributed by atoms with Crippen LogP contribution in [0.4, 0.5) is 0 Å². The lowest BCUT2D eigenvalue weighted by Crippen LogP contribution is -2.42. The van der Waals surface area contributed by atoms with E-state index in [4.69, 9.17) is 9.72 Å². The van der Waals surface area contributed by atoms with Crippen LogP contribution in [0.15, 0.2) is 22.2 Å². The summed E-state index contributed by atoms with van der Waals surface area (Å²) in [5, 5.41) is 6.89. The van der Waals surface area contributed by atoms with Gasteiger partial charge in [0.15, 0.2) is 0 Å². The third kappa shape index (κ3) is 3.24. The lowest BCUT2D eigenvalue weighted by atomic mass is 9.93. The zero-order valence-electron chi connectivity index (χ0n) is 13.0. The Morgan fingerprint density at radius 1 is 1.41 bits per heavy atom. The van der Waals surface area contributed by atoms with Gasteiger partial charge in [-0.2, -0.15) is 11.3 Å². The molecule has 2 aromatic heterocycles. The molecule has 1 aliphatic rings. The summed E-state index contributed by atoms with van der Waals surface area (Å²) in [6.07, 6.45) is -0.113. The minimum absolute atomic E-state index is 0.0373. The van der Waals surface area contributed by atoms with E-state index in [-0.39, 0.29) is 17.4 Å². The molecule has 118 valence electrons. The molecule has 4 nitrogen and oxygen atoms in total. The molecular weight excluding hydrogens is 316 g/mol. The van der Waals surface area contributed by atoms with Crippen molar-refractivity contribution in [3.05, 3.63) is 38.5 Å². The van der Waals surface area contributed by atoms with Crippen molar-refractivity contribution in [2.24, 2.45) is 0 Å². The van der Waals surface area contributed by atoms with E-state index in [2.05, 4.69) is 26.2 Å². The van der Waals surface area contributed by atoms with Crippen LogP contribution in [0.2, 0.25) is 0 Å². The Bertz CT molecular complexity index is 643. The van der Waals surface area contributed by atoms with Gasteiger partial charge in [-0.3, -0.25) is 4.79 Å². The van der Waals surface area contributed by atoms with Crippen molar-refractivity contribution >= 4 is 28.6 Å². The number of thiazole rings is 1. The highest BCUT2D eigenvalue weighted by atomic mass is 32.1. The number of rotatable bonds is 2.